The first kappa shape index (κ1) is 12.9. The number of amidine groups is 1. The first-order valence-corrected chi connectivity index (χ1v) is 6.52. The molecular weight excluding hydrogens is 268 g/mol. The highest BCUT2D eigenvalue weighted by atomic mass is 35.5. The maximum atomic E-state index is 7.38. The van der Waals surface area contributed by atoms with Gasteiger partial charge in [0.15, 0.2) is 0 Å². The average Bonchev–Trinajstić information content (AvgIpc) is 2.75. The lowest BCUT2D eigenvalue weighted by molar-refractivity contribution is 0.910. The molecule has 0 aromatic carbocycles. The molecule has 0 saturated heterocycles. The maximum Gasteiger partial charge on any atom is 0.141 e. The van der Waals surface area contributed by atoms with Crippen LogP contribution < -0.4 is 10.6 Å². The summed E-state index contributed by atoms with van der Waals surface area (Å²) >= 11 is 7.45. The molecule has 2 aromatic heterocycles. The van der Waals surface area contributed by atoms with Gasteiger partial charge in [-0.1, -0.05) is 17.7 Å². The zero-order chi connectivity index (χ0) is 13.1. The monoisotopic (exact) mass is 280 g/mol. The predicted molar refractivity (Wildman–Crippen MR) is 76.7 cm³/mol. The van der Waals surface area contributed by atoms with Crippen molar-refractivity contribution in [2.75, 3.05) is 11.9 Å². The van der Waals surface area contributed by atoms with Gasteiger partial charge >= 0.3 is 0 Å². The third-order valence-electron chi connectivity index (χ3n) is 2.42. The van der Waals surface area contributed by atoms with Crippen molar-refractivity contribution in [2.24, 2.45) is 5.73 Å². The topological polar surface area (TPSA) is 66.0 Å². The quantitative estimate of drug-likeness (QED) is 0.668. The van der Waals surface area contributed by atoms with Crippen LogP contribution in [-0.2, 0) is 6.54 Å². The molecular formula is C12H13ClN4S. The van der Waals surface area contributed by atoms with Gasteiger partial charge < -0.3 is 10.6 Å². The lowest BCUT2D eigenvalue weighted by atomic mass is 10.3. The van der Waals surface area contributed by atoms with Crippen molar-refractivity contribution in [2.45, 2.75) is 6.54 Å². The fourth-order valence-electron chi connectivity index (χ4n) is 1.54. The largest absolute Gasteiger partial charge is 0.382 e. The summed E-state index contributed by atoms with van der Waals surface area (Å²) in [5.41, 5.74) is 5.91. The molecule has 6 heteroatoms. The molecule has 0 atom stereocenters. The molecule has 2 heterocycles. The molecule has 0 amide bonds. The highest BCUT2D eigenvalue weighted by Crippen LogP contribution is 2.23. The van der Waals surface area contributed by atoms with E-state index in [1.807, 2.05) is 36.2 Å². The van der Waals surface area contributed by atoms with Crippen molar-refractivity contribution in [1.82, 2.24) is 4.98 Å². The van der Waals surface area contributed by atoms with Crippen LogP contribution in [0.3, 0.4) is 0 Å². The molecule has 0 saturated carbocycles. The van der Waals surface area contributed by atoms with E-state index in [-0.39, 0.29) is 5.84 Å². The van der Waals surface area contributed by atoms with E-state index in [2.05, 4.69) is 4.98 Å². The van der Waals surface area contributed by atoms with E-state index in [0.717, 1.165) is 21.6 Å². The Morgan fingerprint density at radius 2 is 2.22 bits per heavy atom. The van der Waals surface area contributed by atoms with E-state index < -0.39 is 0 Å². The lowest BCUT2D eigenvalue weighted by Crippen LogP contribution is -2.19. The molecule has 0 aliphatic heterocycles. The molecule has 4 nitrogen and oxygen atoms in total. The molecule has 94 valence electrons. The number of nitrogens with one attached hydrogen (secondary N) is 1. The number of pyridine rings is 1. The number of hydrogen-bond acceptors (Lipinski definition) is 4. The van der Waals surface area contributed by atoms with Gasteiger partial charge in [-0.3, -0.25) is 5.41 Å². The zero-order valence-corrected chi connectivity index (χ0v) is 11.4. The van der Waals surface area contributed by atoms with Crippen LogP contribution in [0.1, 0.15) is 10.6 Å². The zero-order valence-electron chi connectivity index (χ0n) is 9.85. The normalized spacial score (nSPS) is 10.3. The summed E-state index contributed by atoms with van der Waals surface area (Å²) in [5.74, 6) is 0.761. The van der Waals surface area contributed by atoms with Crippen LogP contribution in [0.2, 0.25) is 4.34 Å². The summed E-state index contributed by atoms with van der Waals surface area (Å²) in [6.07, 6.45) is 0. The second-order valence-corrected chi connectivity index (χ2v) is 5.66. The Balaban J connectivity index is 2.15. The number of nitrogen functional groups attached to an aromatic ring is 1. The molecule has 0 spiro atoms. The fourth-order valence-corrected chi connectivity index (χ4v) is 2.68. The Hall–Kier alpha value is -1.59. The van der Waals surface area contributed by atoms with E-state index in [0.29, 0.717) is 5.69 Å². The first-order valence-electron chi connectivity index (χ1n) is 5.33. The van der Waals surface area contributed by atoms with Crippen molar-refractivity contribution >= 4 is 34.6 Å². The summed E-state index contributed by atoms with van der Waals surface area (Å²) in [7, 11) is 1.94. The minimum Gasteiger partial charge on any atom is -0.382 e. The standard InChI is InChI=1S/C12H13ClN4S/c1-17(7-8-5-6-10(13)18-8)11-4-2-3-9(16-11)12(14)15/h2-6H,7H2,1H3,(H3,14,15). The van der Waals surface area contributed by atoms with Crippen LogP contribution in [0, 0.1) is 5.41 Å². The number of aromatic nitrogens is 1. The highest BCUT2D eigenvalue weighted by Gasteiger charge is 2.07. The van der Waals surface area contributed by atoms with E-state index in [1.54, 1.807) is 17.4 Å². The van der Waals surface area contributed by atoms with Crippen LogP contribution in [0.4, 0.5) is 5.82 Å². The van der Waals surface area contributed by atoms with Gasteiger partial charge in [0.1, 0.15) is 17.3 Å². The van der Waals surface area contributed by atoms with E-state index >= 15 is 0 Å². The summed E-state index contributed by atoms with van der Waals surface area (Å²) in [6.45, 7) is 0.728. The third-order valence-corrected chi connectivity index (χ3v) is 3.64. The van der Waals surface area contributed by atoms with Gasteiger partial charge in [-0.05, 0) is 24.3 Å². The Morgan fingerprint density at radius 1 is 1.44 bits per heavy atom. The molecule has 3 N–H and O–H groups in total. The summed E-state index contributed by atoms with van der Waals surface area (Å²) < 4.78 is 0.781. The van der Waals surface area contributed by atoms with Crippen LogP contribution >= 0.6 is 22.9 Å². The summed E-state index contributed by atoms with van der Waals surface area (Å²) in [4.78, 5) is 7.48. The third kappa shape index (κ3) is 3.00. The van der Waals surface area contributed by atoms with Crippen molar-refractivity contribution in [3.63, 3.8) is 0 Å². The minimum atomic E-state index is -0.0237. The maximum absolute atomic E-state index is 7.38. The molecule has 0 bridgehead atoms. The van der Waals surface area contributed by atoms with Crippen molar-refractivity contribution in [3.8, 4) is 0 Å². The number of thiophene rings is 1. The van der Waals surface area contributed by atoms with Gasteiger partial charge in [-0.25, -0.2) is 4.98 Å². The number of nitrogens with zero attached hydrogens (tertiary/aromatic N) is 2. The number of nitrogens with two attached hydrogens (primary N) is 1. The number of hydrogen-bond donors (Lipinski definition) is 2. The average molecular weight is 281 g/mol. The van der Waals surface area contributed by atoms with Gasteiger partial charge in [0.25, 0.3) is 0 Å². The van der Waals surface area contributed by atoms with Crippen molar-refractivity contribution < 1.29 is 0 Å². The SMILES string of the molecule is CN(Cc1ccc(Cl)s1)c1cccc(C(=N)N)n1. The van der Waals surface area contributed by atoms with Gasteiger partial charge in [0.2, 0.25) is 0 Å². The summed E-state index contributed by atoms with van der Waals surface area (Å²) in [6, 6.07) is 9.34. The van der Waals surface area contributed by atoms with Gasteiger partial charge in [0.05, 0.1) is 10.9 Å². The second kappa shape index (κ2) is 5.37. The molecule has 0 aliphatic rings. The molecule has 0 radical (unpaired) electrons. The molecule has 0 aliphatic carbocycles. The molecule has 2 rings (SSSR count). The molecule has 0 unspecified atom stereocenters. The Kier molecular flexibility index (Phi) is 3.84. The molecule has 2 aromatic rings. The number of halogens is 1. The Morgan fingerprint density at radius 3 is 2.83 bits per heavy atom. The molecule has 0 fully saturated rings. The predicted octanol–water partition coefficient (Wildman–Crippen LogP) is 2.72. The first-order chi connectivity index (χ1) is 8.56. The van der Waals surface area contributed by atoms with Crippen LogP contribution in [0.25, 0.3) is 0 Å². The van der Waals surface area contributed by atoms with Crippen LogP contribution in [0.15, 0.2) is 30.3 Å². The van der Waals surface area contributed by atoms with E-state index in [9.17, 15) is 0 Å². The van der Waals surface area contributed by atoms with Crippen LogP contribution in [-0.4, -0.2) is 17.9 Å². The van der Waals surface area contributed by atoms with Crippen molar-refractivity contribution in [1.29, 1.82) is 5.41 Å². The Bertz CT molecular complexity index is 567. The van der Waals surface area contributed by atoms with Crippen LogP contribution in [0.5, 0.6) is 0 Å². The van der Waals surface area contributed by atoms with Gasteiger partial charge in [-0.2, -0.15) is 0 Å². The fraction of sp³-hybridized carbons (Fsp3) is 0.167. The summed E-state index contributed by atoms with van der Waals surface area (Å²) in [5, 5.41) is 7.38. The highest BCUT2D eigenvalue weighted by molar-refractivity contribution is 7.16. The van der Waals surface area contributed by atoms with E-state index in [1.165, 1.54) is 0 Å². The number of anilines is 1. The smallest absolute Gasteiger partial charge is 0.141 e. The van der Waals surface area contributed by atoms with Gasteiger partial charge in [0, 0.05) is 11.9 Å². The van der Waals surface area contributed by atoms with Crippen molar-refractivity contribution in [3.05, 3.63) is 45.2 Å². The lowest BCUT2D eigenvalue weighted by Gasteiger charge is -2.17. The number of rotatable bonds is 4. The Labute approximate surface area is 115 Å². The second-order valence-electron chi connectivity index (χ2n) is 3.86. The molecule has 18 heavy (non-hydrogen) atoms. The minimum absolute atomic E-state index is 0.0237. The van der Waals surface area contributed by atoms with Gasteiger partial charge in [-0.15, -0.1) is 11.3 Å². The van der Waals surface area contributed by atoms with E-state index in [4.69, 9.17) is 22.7 Å².